The lowest BCUT2D eigenvalue weighted by atomic mass is 10.1. The first kappa shape index (κ1) is 15.9. The second-order valence-electron chi connectivity index (χ2n) is 4.72. The lowest BCUT2D eigenvalue weighted by molar-refractivity contribution is -0.196. The molecule has 0 radical (unpaired) electrons. The standard InChI is InChI=1S/C12H20O7/c1-7(16-6-13)9(15-5)10-11(17-8(2)14)19-12(3,4)18-10/h6-7,9-11H,1-5H3/t7-,9-,10+,11?/m0/s1. The SMILES string of the molecule is CO[C@@H]([C@H](C)OC=O)[C@H]1OC(C)(C)OC1OC(C)=O. The number of methoxy groups -OCH3 is 1. The molecule has 19 heavy (non-hydrogen) atoms. The van der Waals surface area contributed by atoms with Gasteiger partial charge in [0.2, 0.25) is 6.29 Å². The maximum absolute atomic E-state index is 11.1. The van der Waals surface area contributed by atoms with Gasteiger partial charge in [-0.25, -0.2) is 0 Å². The molecule has 0 saturated carbocycles. The molecule has 1 aliphatic rings. The smallest absolute Gasteiger partial charge is 0.305 e. The molecule has 7 heteroatoms. The van der Waals surface area contributed by atoms with Crippen LogP contribution >= 0.6 is 0 Å². The Hall–Kier alpha value is -1.18. The van der Waals surface area contributed by atoms with E-state index < -0.39 is 36.4 Å². The Balaban J connectivity index is 2.85. The molecule has 1 rings (SSSR count). The fourth-order valence-corrected chi connectivity index (χ4v) is 1.99. The van der Waals surface area contributed by atoms with Crippen molar-refractivity contribution in [1.29, 1.82) is 0 Å². The second kappa shape index (κ2) is 6.31. The second-order valence-corrected chi connectivity index (χ2v) is 4.72. The van der Waals surface area contributed by atoms with E-state index in [9.17, 15) is 9.59 Å². The number of carbonyl (C=O) groups excluding carboxylic acids is 2. The van der Waals surface area contributed by atoms with Gasteiger partial charge >= 0.3 is 5.97 Å². The molecule has 110 valence electrons. The van der Waals surface area contributed by atoms with Gasteiger partial charge in [-0.3, -0.25) is 9.59 Å². The molecule has 0 spiro atoms. The fourth-order valence-electron chi connectivity index (χ4n) is 1.99. The van der Waals surface area contributed by atoms with Crippen LogP contribution in [-0.2, 0) is 33.3 Å². The van der Waals surface area contributed by atoms with E-state index in [2.05, 4.69) is 0 Å². The number of ether oxygens (including phenoxy) is 5. The summed E-state index contributed by atoms with van der Waals surface area (Å²) in [7, 11) is 1.45. The van der Waals surface area contributed by atoms with Crippen LogP contribution in [-0.4, -0.2) is 49.9 Å². The topological polar surface area (TPSA) is 80.3 Å². The molecule has 0 aromatic rings. The molecule has 0 aromatic heterocycles. The van der Waals surface area contributed by atoms with Crippen molar-refractivity contribution in [2.24, 2.45) is 0 Å². The Labute approximate surface area is 112 Å². The molecule has 0 amide bonds. The molecule has 0 N–H and O–H groups in total. The van der Waals surface area contributed by atoms with Gasteiger partial charge in [-0.1, -0.05) is 0 Å². The van der Waals surface area contributed by atoms with Gasteiger partial charge in [0.05, 0.1) is 0 Å². The summed E-state index contributed by atoms with van der Waals surface area (Å²) in [4.78, 5) is 21.5. The highest BCUT2D eigenvalue weighted by molar-refractivity contribution is 5.66. The van der Waals surface area contributed by atoms with Gasteiger partial charge in [-0.15, -0.1) is 0 Å². The fraction of sp³-hybridized carbons (Fsp3) is 0.833. The van der Waals surface area contributed by atoms with Crippen LogP contribution in [0.25, 0.3) is 0 Å². The lowest BCUT2D eigenvalue weighted by Crippen LogP contribution is -2.45. The predicted molar refractivity (Wildman–Crippen MR) is 63.0 cm³/mol. The Morgan fingerprint density at radius 2 is 2.00 bits per heavy atom. The molecule has 1 fully saturated rings. The average molecular weight is 276 g/mol. The molecule has 7 nitrogen and oxygen atoms in total. The molecule has 4 atom stereocenters. The Morgan fingerprint density at radius 1 is 1.37 bits per heavy atom. The van der Waals surface area contributed by atoms with Crippen LogP contribution < -0.4 is 0 Å². The van der Waals surface area contributed by atoms with Crippen molar-refractivity contribution in [1.82, 2.24) is 0 Å². The number of carbonyl (C=O) groups is 2. The average Bonchev–Trinajstić information content (AvgIpc) is 2.54. The van der Waals surface area contributed by atoms with Gasteiger partial charge in [0, 0.05) is 14.0 Å². The van der Waals surface area contributed by atoms with Crippen LogP contribution in [0.3, 0.4) is 0 Å². The van der Waals surface area contributed by atoms with Crippen LogP contribution in [0.2, 0.25) is 0 Å². The molecule has 0 aliphatic carbocycles. The van der Waals surface area contributed by atoms with Gasteiger partial charge in [0.25, 0.3) is 6.47 Å². The zero-order valence-electron chi connectivity index (χ0n) is 11.7. The first-order valence-electron chi connectivity index (χ1n) is 5.95. The molecule has 0 bridgehead atoms. The highest BCUT2D eigenvalue weighted by Crippen LogP contribution is 2.32. The quantitative estimate of drug-likeness (QED) is 0.519. The molecule has 1 unspecified atom stereocenters. The molecular weight excluding hydrogens is 256 g/mol. The normalized spacial score (nSPS) is 28.5. The number of esters is 1. The summed E-state index contributed by atoms with van der Waals surface area (Å²) in [5, 5.41) is 0. The van der Waals surface area contributed by atoms with E-state index >= 15 is 0 Å². The molecule has 1 aliphatic heterocycles. The van der Waals surface area contributed by atoms with Gasteiger partial charge < -0.3 is 23.7 Å². The maximum atomic E-state index is 11.1. The van der Waals surface area contributed by atoms with E-state index in [4.69, 9.17) is 23.7 Å². The lowest BCUT2D eigenvalue weighted by Gasteiger charge is -2.28. The summed E-state index contributed by atoms with van der Waals surface area (Å²) in [6.45, 7) is 6.66. The van der Waals surface area contributed by atoms with E-state index in [-0.39, 0.29) is 0 Å². The Bertz CT molecular complexity index is 328. The van der Waals surface area contributed by atoms with E-state index in [1.54, 1.807) is 20.8 Å². The van der Waals surface area contributed by atoms with Crippen molar-refractivity contribution in [3.05, 3.63) is 0 Å². The van der Waals surface area contributed by atoms with E-state index in [1.807, 2.05) is 0 Å². The number of hydrogen-bond acceptors (Lipinski definition) is 7. The van der Waals surface area contributed by atoms with E-state index in [1.165, 1.54) is 14.0 Å². The molecule has 1 saturated heterocycles. The highest BCUT2D eigenvalue weighted by Gasteiger charge is 2.49. The Kier molecular flexibility index (Phi) is 5.28. The first-order chi connectivity index (χ1) is 8.80. The zero-order valence-corrected chi connectivity index (χ0v) is 11.7. The summed E-state index contributed by atoms with van der Waals surface area (Å²) < 4.78 is 26.3. The van der Waals surface area contributed by atoms with E-state index in [0.717, 1.165) is 0 Å². The van der Waals surface area contributed by atoms with Crippen LogP contribution in [0, 0.1) is 0 Å². The highest BCUT2D eigenvalue weighted by atomic mass is 16.8. The predicted octanol–water partition coefficient (Wildman–Crippen LogP) is 0.604. The van der Waals surface area contributed by atoms with Gasteiger partial charge in [-0.2, -0.15) is 0 Å². The summed E-state index contributed by atoms with van der Waals surface area (Å²) in [5.41, 5.74) is 0. The summed E-state index contributed by atoms with van der Waals surface area (Å²) in [6.07, 6.45) is -2.77. The number of rotatable bonds is 6. The maximum Gasteiger partial charge on any atom is 0.305 e. The minimum Gasteiger partial charge on any atom is -0.462 e. The monoisotopic (exact) mass is 276 g/mol. The van der Waals surface area contributed by atoms with Gasteiger partial charge in [0.15, 0.2) is 11.9 Å². The summed E-state index contributed by atoms with van der Waals surface area (Å²) >= 11 is 0. The van der Waals surface area contributed by atoms with Crippen molar-refractivity contribution in [2.45, 2.75) is 58.1 Å². The zero-order chi connectivity index (χ0) is 14.6. The van der Waals surface area contributed by atoms with Gasteiger partial charge in [-0.05, 0) is 20.8 Å². The van der Waals surface area contributed by atoms with Crippen LogP contribution in [0.1, 0.15) is 27.7 Å². The number of hydrogen-bond donors (Lipinski definition) is 0. The van der Waals surface area contributed by atoms with Gasteiger partial charge in [0.1, 0.15) is 12.2 Å². The minimum atomic E-state index is -0.914. The van der Waals surface area contributed by atoms with Crippen molar-refractivity contribution in [3.8, 4) is 0 Å². The van der Waals surface area contributed by atoms with Crippen LogP contribution in [0.4, 0.5) is 0 Å². The first-order valence-corrected chi connectivity index (χ1v) is 5.95. The summed E-state index contributed by atoms with van der Waals surface area (Å²) in [6, 6.07) is 0. The Morgan fingerprint density at radius 3 is 2.47 bits per heavy atom. The van der Waals surface area contributed by atoms with Crippen molar-refractivity contribution < 1.29 is 33.3 Å². The largest absolute Gasteiger partial charge is 0.462 e. The molecule has 1 heterocycles. The third kappa shape index (κ3) is 4.15. The third-order valence-corrected chi connectivity index (χ3v) is 2.70. The minimum absolute atomic E-state index is 0.332. The van der Waals surface area contributed by atoms with Crippen molar-refractivity contribution >= 4 is 12.4 Å². The molecular formula is C12H20O7. The summed E-state index contributed by atoms with van der Waals surface area (Å²) in [5.74, 6) is -1.40. The third-order valence-electron chi connectivity index (χ3n) is 2.70. The van der Waals surface area contributed by atoms with E-state index in [0.29, 0.717) is 6.47 Å². The molecule has 0 aromatic carbocycles. The van der Waals surface area contributed by atoms with Crippen molar-refractivity contribution in [3.63, 3.8) is 0 Å². The van der Waals surface area contributed by atoms with Crippen LogP contribution in [0.15, 0.2) is 0 Å². The van der Waals surface area contributed by atoms with Crippen LogP contribution in [0.5, 0.6) is 0 Å². The van der Waals surface area contributed by atoms with Crippen molar-refractivity contribution in [2.75, 3.05) is 7.11 Å².